The predicted octanol–water partition coefficient (Wildman–Crippen LogP) is 1.74. The molecule has 0 amide bonds. The molecule has 0 aliphatic heterocycles. The first-order valence-electron chi connectivity index (χ1n) is 8.19. The lowest BCUT2D eigenvalue weighted by atomic mass is 10.1. The number of nitrogens with zero attached hydrogens (tertiary/aromatic N) is 1. The van der Waals surface area contributed by atoms with Gasteiger partial charge < -0.3 is 20.1 Å². The van der Waals surface area contributed by atoms with Gasteiger partial charge in [0.2, 0.25) is 0 Å². The molecule has 2 N–H and O–H groups in total. The summed E-state index contributed by atoms with van der Waals surface area (Å²) in [6.45, 7) is 4.13. The molecule has 1 rings (SSSR count). The van der Waals surface area contributed by atoms with Crippen molar-refractivity contribution in [2.45, 2.75) is 19.9 Å². The highest BCUT2D eigenvalue weighted by atomic mass is 127. The van der Waals surface area contributed by atoms with Crippen molar-refractivity contribution in [2.75, 3.05) is 45.9 Å². The molecule has 0 saturated carbocycles. The Morgan fingerprint density at radius 2 is 1.96 bits per heavy atom. The van der Waals surface area contributed by atoms with E-state index in [1.54, 1.807) is 14.2 Å². The van der Waals surface area contributed by atoms with E-state index in [2.05, 4.69) is 15.6 Å². The fourth-order valence-electron chi connectivity index (χ4n) is 2.12. The van der Waals surface area contributed by atoms with E-state index in [-0.39, 0.29) is 29.7 Å². The number of hydrogen-bond donors (Lipinski definition) is 2. The van der Waals surface area contributed by atoms with Gasteiger partial charge in [0, 0.05) is 39.1 Å². The van der Waals surface area contributed by atoms with E-state index >= 15 is 0 Å². The number of nitrogens with one attached hydrogen (secondary N) is 2. The van der Waals surface area contributed by atoms with Gasteiger partial charge in [-0.05, 0) is 25.0 Å². The maximum absolute atomic E-state index is 11.1. The zero-order chi connectivity index (χ0) is 18.7. The molecule has 7 nitrogen and oxygen atoms in total. The van der Waals surface area contributed by atoms with E-state index in [4.69, 9.17) is 9.47 Å². The van der Waals surface area contributed by atoms with Crippen LogP contribution >= 0.6 is 24.0 Å². The number of benzene rings is 1. The summed E-state index contributed by atoms with van der Waals surface area (Å²) in [4.78, 5) is 4.14. The normalized spacial score (nSPS) is 11.6. The Hall–Kier alpha value is -1.07. The largest absolute Gasteiger partial charge is 0.491 e. The number of guanidine groups is 1. The van der Waals surface area contributed by atoms with Crippen LogP contribution in [-0.4, -0.2) is 60.3 Å². The molecule has 0 saturated heterocycles. The predicted molar refractivity (Wildman–Crippen MR) is 116 cm³/mol. The number of ether oxygens (including phenoxy) is 2. The number of hydrogen-bond acceptors (Lipinski definition) is 5. The SMILES string of the molecule is CN=C(NCCCS(C)(=O)=O)NCc1ccc(C)cc1OCCOC.I. The molecule has 0 radical (unpaired) electrons. The van der Waals surface area contributed by atoms with Crippen LogP contribution in [0.25, 0.3) is 0 Å². The van der Waals surface area contributed by atoms with Crippen LogP contribution in [0.4, 0.5) is 0 Å². The summed E-state index contributed by atoms with van der Waals surface area (Å²) in [5, 5.41) is 6.32. The second kappa shape index (κ2) is 13.2. The van der Waals surface area contributed by atoms with E-state index in [1.165, 1.54) is 6.26 Å². The van der Waals surface area contributed by atoms with Crippen LogP contribution in [-0.2, 0) is 21.1 Å². The van der Waals surface area contributed by atoms with Crippen LogP contribution in [0.15, 0.2) is 23.2 Å². The molecule has 0 fully saturated rings. The number of halogens is 1. The van der Waals surface area contributed by atoms with Crippen LogP contribution in [0.5, 0.6) is 5.75 Å². The first kappa shape index (κ1) is 24.9. The Kier molecular flexibility index (Phi) is 12.6. The third-order valence-electron chi connectivity index (χ3n) is 3.42. The number of methoxy groups -OCH3 is 1. The van der Waals surface area contributed by atoms with Gasteiger partial charge >= 0.3 is 0 Å². The second-order valence-electron chi connectivity index (χ2n) is 5.79. The molecule has 0 aliphatic carbocycles. The molecule has 1 aromatic rings. The second-order valence-corrected chi connectivity index (χ2v) is 8.05. The molecule has 0 unspecified atom stereocenters. The number of aliphatic imine (C=N–C) groups is 1. The molecule has 0 bridgehead atoms. The van der Waals surface area contributed by atoms with Crippen LogP contribution < -0.4 is 15.4 Å². The maximum atomic E-state index is 11.1. The van der Waals surface area contributed by atoms with Crippen molar-refractivity contribution in [1.82, 2.24) is 10.6 Å². The summed E-state index contributed by atoms with van der Waals surface area (Å²) in [5.41, 5.74) is 2.14. The monoisotopic (exact) mass is 499 g/mol. The van der Waals surface area contributed by atoms with E-state index < -0.39 is 9.84 Å². The fraction of sp³-hybridized carbons (Fsp3) is 0.588. The Morgan fingerprint density at radius 3 is 2.58 bits per heavy atom. The lowest BCUT2D eigenvalue weighted by molar-refractivity contribution is 0.145. The topological polar surface area (TPSA) is 89.0 Å². The highest BCUT2D eigenvalue weighted by Gasteiger charge is 2.07. The van der Waals surface area contributed by atoms with Crippen molar-refractivity contribution in [3.8, 4) is 5.75 Å². The summed E-state index contributed by atoms with van der Waals surface area (Å²) < 4.78 is 33.0. The fourth-order valence-corrected chi connectivity index (χ4v) is 2.79. The molecular formula is C17H30IN3O4S. The molecule has 1 aromatic carbocycles. The molecule has 150 valence electrons. The zero-order valence-corrected chi connectivity index (χ0v) is 19.0. The van der Waals surface area contributed by atoms with Crippen molar-refractivity contribution in [3.05, 3.63) is 29.3 Å². The van der Waals surface area contributed by atoms with Gasteiger partial charge in [-0.25, -0.2) is 8.42 Å². The molecule has 0 heterocycles. The van der Waals surface area contributed by atoms with E-state index in [0.29, 0.717) is 38.7 Å². The first-order valence-corrected chi connectivity index (χ1v) is 10.3. The Morgan fingerprint density at radius 1 is 1.23 bits per heavy atom. The van der Waals surface area contributed by atoms with Gasteiger partial charge in [-0.15, -0.1) is 24.0 Å². The average molecular weight is 499 g/mol. The molecular weight excluding hydrogens is 469 g/mol. The smallest absolute Gasteiger partial charge is 0.191 e. The standard InChI is InChI=1S/C17H29N3O4S.HI/c1-14-6-7-15(16(12-14)24-10-9-23-3)13-20-17(18-2)19-8-5-11-25(4,21)22;/h6-7,12H,5,8-11,13H2,1-4H3,(H2,18,19,20);1H. The molecule has 0 aliphatic rings. The van der Waals surface area contributed by atoms with Crippen LogP contribution in [0.2, 0.25) is 0 Å². The summed E-state index contributed by atoms with van der Waals surface area (Å²) >= 11 is 0. The van der Waals surface area contributed by atoms with Crippen molar-refractivity contribution >= 4 is 39.8 Å². The Bertz CT molecular complexity index is 666. The van der Waals surface area contributed by atoms with Gasteiger partial charge in [-0.3, -0.25) is 4.99 Å². The summed E-state index contributed by atoms with van der Waals surface area (Å²) in [7, 11) is 0.386. The van der Waals surface area contributed by atoms with Crippen molar-refractivity contribution < 1.29 is 17.9 Å². The van der Waals surface area contributed by atoms with E-state index in [0.717, 1.165) is 16.9 Å². The summed E-state index contributed by atoms with van der Waals surface area (Å²) in [5.74, 6) is 1.60. The third kappa shape index (κ3) is 10.8. The molecule has 26 heavy (non-hydrogen) atoms. The zero-order valence-electron chi connectivity index (χ0n) is 15.9. The van der Waals surface area contributed by atoms with Crippen LogP contribution in [0.3, 0.4) is 0 Å². The van der Waals surface area contributed by atoms with E-state index in [9.17, 15) is 8.42 Å². The third-order valence-corrected chi connectivity index (χ3v) is 4.45. The number of rotatable bonds is 10. The lowest BCUT2D eigenvalue weighted by Gasteiger charge is -2.15. The average Bonchev–Trinajstić information content (AvgIpc) is 2.55. The quantitative estimate of drug-likeness (QED) is 0.221. The molecule has 9 heteroatoms. The summed E-state index contributed by atoms with van der Waals surface area (Å²) in [6, 6.07) is 6.04. The van der Waals surface area contributed by atoms with Gasteiger partial charge in [0.05, 0.1) is 12.4 Å². The number of sulfone groups is 1. The van der Waals surface area contributed by atoms with Gasteiger partial charge in [0.25, 0.3) is 0 Å². The van der Waals surface area contributed by atoms with Gasteiger partial charge in [-0.1, -0.05) is 12.1 Å². The Labute approximate surface area is 173 Å². The van der Waals surface area contributed by atoms with E-state index in [1.807, 2.05) is 25.1 Å². The minimum absolute atomic E-state index is 0. The minimum Gasteiger partial charge on any atom is -0.491 e. The highest BCUT2D eigenvalue weighted by Crippen LogP contribution is 2.20. The highest BCUT2D eigenvalue weighted by molar-refractivity contribution is 14.0. The molecule has 0 atom stereocenters. The number of aryl methyl sites for hydroxylation is 1. The first-order chi connectivity index (χ1) is 11.9. The Balaban J connectivity index is 0.00000625. The van der Waals surface area contributed by atoms with Crippen LogP contribution in [0.1, 0.15) is 17.5 Å². The summed E-state index contributed by atoms with van der Waals surface area (Å²) in [6.07, 6.45) is 1.78. The lowest BCUT2D eigenvalue weighted by Crippen LogP contribution is -2.37. The van der Waals surface area contributed by atoms with Crippen molar-refractivity contribution in [3.63, 3.8) is 0 Å². The molecule has 0 aromatic heterocycles. The minimum atomic E-state index is -2.93. The maximum Gasteiger partial charge on any atom is 0.191 e. The van der Waals surface area contributed by atoms with Crippen molar-refractivity contribution in [1.29, 1.82) is 0 Å². The van der Waals surface area contributed by atoms with Gasteiger partial charge in [-0.2, -0.15) is 0 Å². The van der Waals surface area contributed by atoms with Gasteiger partial charge in [0.15, 0.2) is 5.96 Å². The van der Waals surface area contributed by atoms with Gasteiger partial charge in [0.1, 0.15) is 22.2 Å². The van der Waals surface area contributed by atoms with Crippen LogP contribution in [0, 0.1) is 6.92 Å². The van der Waals surface area contributed by atoms with Crippen molar-refractivity contribution in [2.24, 2.45) is 4.99 Å². The molecule has 0 spiro atoms.